The van der Waals surface area contributed by atoms with Crippen LogP contribution < -0.4 is 10.4 Å². The van der Waals surface area contributed by atoms with Crippen molar-refractivity contribution in [2.24, 2.45) is 0 Å². The van der Waals surface area contributed by atoms with Crippen LogP contribution in [0, 0.1) is 20.8 Å². The second kappa shape index (κ2) is 7.67. The molecule has 1 aliphatic carbocycles. The standard InChI is InChI=1S/C21H23N4O.BF4/c1-12-6-13(2)20(14(3)7-12)25-11-24-19(23-25)10-26-18-8-15-4-5-16(22)9-17(15)21(18)24;2-1(3,4)5/h4-7,9,11,18,21H,8,10,22H2,1-3H3;/q+1;-1/t18-,21+;/m0./s1. The van der Waals surface area contributed by atoms with Crippen molar-refractivity contribution in [3.05, 3.63) is 70.3 Å². The van der Waals surface area contributed by atoms with Crippen LogP contribution in [0.25, 0.3) is 5.69 Å². The van der Waals surface area contributed by atoms with E-state index in [1.165, 1.54) is 27.8 Å². The van der Waals surface area contributed by atoms with Crippen molar-refractivity contribution >= 4 is 12.9 Å². The number of benzene rings is 2. The Balaban J connectivity index is 0.000000418. The van der Waals surface area contributed by atoms with E-state index in [4.69, 9.17) is 15.6 Å². The summed E-state index contributed by atoms with van der Waals surface area (Å²) in [5, 5.41) is 4.85. The van der Waals surface area contributed by atoms with Crippen molar-refractivity contribution in [2.45, 2.75) is 45.9 Å². The summed E-state index contributed by atoms with van der Waals surface area (Å²) in [6.07, 6.45) is 3.21. The molecule has 3 aromatic rings. The molecule has 2 atom stereocenters. The minimum atomic E-state index is -6.00. The number of aryl methyl sites for hydroxylation is 3. The van der Waals surface area contributed by atoms with Gasteiger partial charge in [0.15, 0.2) is 11.7 Å². The van der Waals surface area contributed by atoms with Crippen LogP contribution in [0.1, 0.15) is 39.7 Å². The lowest BCUT2D eigenvalue weighted by Crippen LogP contribution is -2.34. The Kier molecular flexibility index (Phi) is 5.29. The van der Waals surface area contributed by atoms with E-state index in [1.54, 1.807) is 0 Å². The molecule has 2 N–H and O–H groups in total. The Morgan fingerprint density at radius 3 is 2.39 bits per heavy atom. The first kappa shape index (κ1) is 21.4. The third-order valence-corrected chi connectivity index (χ3v) is 5.61. The van der Waals surface area contributed by atoms with Gasteiger partial charge >= 0.3 is 7.25 Å². The van der Waals surface area contributed by atoms with Crippen LogP contribution in [0.15, 0.2) is 36.7 Å². The molecule has 0 unspecified atom stereocenters. The van der Waals surface area contributed by atoms with Gasteiger partial charge in [0.2, 0.25) is 0 Å². The summed E-state index contributed by atoms with van der Waals surface area (Å²) in [6, 6.07) is 10.8. The minimum absolute atomic E-state index is 0.150. The zero-order valence-corrected chi connectivity index (χ0v) is 17.4. The lowest BCUT2D eigenvalue weighted by Gasteiger charge is -2.23. The molecule has 0 saturated heterocycles. The van der Waals surface area contributed by atoms with Gasteiger partial charge in [-0.1, -0.05) is 28.4 Å². The van der Waals surface area contributed by atoms with Gasteiger partial charge in [0.1, 0.15) is 12.7 Å². The topological polar surface area (TPSA) is 57.0 Å². The van der Waals surface area contributed by atoms with Gasteiger partial charge in [-0.2, -0.15) is 0 Å². The first-order valence-electron chi connectivity index (χ1n) is 9.96. The average molecular weight is 434 g/mol. The molecule has 2 heterocycles. The first-order valence-corrected chi connectivity index (χ1v) is 9.96. The molecular weight excluding hydrogens is 411 g/mol. The Bertz CT molecular complexity index is 1120. The fourth-order valence-electron chi connectivity index (χ4n) is 4.63. The predicted molar refractivity (Wildman–Crippen MR) is 109 cm³/mol. The zero-order chi connectivity index (χ0) is 22.5. The smallest absolute Gasteiger partial charge is 0.418 e. The minimum Gasteiger partial charge on any atom is -0.418 e. The maximum atomic E-state index is 9.75. The molecule has 31 heavy (non-hydrogen) atoms. The Hall–Kier alpha value is -2.88. The SMILES string of the molecule is Cc1cc(C)c(-[n+]2cn3c(n2)CO[C@H]2Cc4ccc(N)cc4[C@H]23)c(C)c1.F[B-](F)(F)F. The van der Waals surface area contributed by atoms with Gasteiger partial charge in [-0.25, -0.2) is 4.57 Å². The highest BCUT2D eigenvalue weighted by Gasteiger charge is 2.44. The maximum Gasteiger partial charge on any atom is 0.673 e. The number of ether oxygens (including phenoxy) is 1. The molecule has 5 nitrogen and oxygen atoms in total. The molecule has 0 spiro atoms. The quantitative estimate of drug-likeness (QED) is 0.273. The summed E-state index contributed by atoms with van der Waals surface area (Å²) in [7, 11) is -6.00. The Labute approximate surface area is 177 Å². The van der Waals surface area contributed by atoms with Gasteiger partial charge in [0.05, 0.1) is 0 Å². The summed E-state index contributed by atoms with van der Waals surface area (Å²) in [5.41, 5.74) is 14.3. The van der Waals surface area contributed by atoms with Crippen molar-refractivity contribution in [1.82, 2.24) is 9.67 Å². The lowest BCUT2D eigenvalue weighted by molar-refractivity contribution is -0.658. The number of nitrogen functional groups attached to an aromatic ring is 1. The molecule has 0 bridgehead atoms. The van der Waals surface area contributed by atoms with Crippen LogP contribution in [0.3, 0.4) is 0 Å². The number of nitrogens with zero attached hydrogens (tertiary/aromatic N) is 3. The maximum absolute atomic E-state index is 9.75. The molecule has 1 aliphatic heterocycles. The van der Waals surface area contributed by atoms with E-state index in [-0.39, 0.29) is 12.1 Å². The van der Waals surface area contributed by atoms with Gasteiger partial charge in [0, 0.05) is 17.7 Å². The number of hydrogen-bond acceptors (Lipinski definition) is 3. The van der Waals surface area contributed by atoms with Crippen LogP contribution in [0.4, 0.5) is 23.0 Å². The van der Waals surface area contributed by atoms with E-state index in [0.29, 0.717) is 6.61 Å². The number of halogens is 4. The van der Waals surface area contributed by atoms with Crippen molar-refractivity contribution in [1.29, 1.82) is 0 Å². The van der Waals surface area contributed by atoms with Crippen molar-refractivity contribution in [3.63, 3.8) is 0 Å². The molecule has 0 radical (unpaired) electrons. The third-order valence-electron chi connectivity index (χ3n) is 5.61. The van der Waals surface area contributed by atoms with Crippen molar-refractivity contribution < 1.29 is 26.7 Å². The highest BCUT2D eigenvalue weighted by molar-refractivity contribution is 6.50. The summed E-state index contributed by atoms with van der Waals surface area (Å²) in [6.45, 7) is 6.96. The molecular formula is C21H23BF4N4O. The van der Waals surface area contributed by atoms with E-state index < -0.39 is 7.25 Å². The van der Waals surface area contributed by atoms with Gasteiger partial charge in [-0.3, -0.25) is 0 Å². The number of hydrogen-bond donors (Lipinski definition) is 1. The summed E-state index contributed by atoms with van der Waals surface area (Å²) >= 11 is 0. The molecule has 2 aliphatic rings. The largest absolute Gasteiger partial charge is 0.673 e. The predicted octanol–water partition coefficient (Wildman–Crippen LogP) is 4.01. The zero-order valence-electron chi connectivity index (χ0n) is 17.4. The van der Waals surface area contributed by atoms with Crippen LogP contribution >= 0.6 is 0 Å². The van der Waals surface area contributed by atoms with E-state index in [2.05, 4.69) is 55.9 Å². The van der Waals surface area contributed by atoms with Crippen molar-refractivity contribution in [2.75, 3.05) is 5.73 Å². The number of nitrogens with two attached hydrogens (primary N) is 1. The van der Waals surface area contributed by atoms with E-state index in [1.807, 2.05) is 10.7 Å². The first-order chi connectivity index (χ1) is 14.5. The van der Waals surface area contributed by atoms with Crippen LogP contribution in [0.2, 0.25) is 0 Å². The summed E-state index contributed by atoms with van der Waals surface area (Å²) in [5.74, 6) is 0.959. The normalized spacial score (nSPS) is 19.2. The van der Waals surface area contributed by atoms with E-state index in [0.717, 1.165) is 23.6 Å². The van der Waals surface area contributed by atoms with Crippen LogP contribution in [-0.4, -0.2) is 23.0 Å². The monoisotopic (exact) mass is 434 g/mol. The number of anilines is 1. The highest BCUT2D eigenvalue weighted by Crippen LogP contribution is 2.40. The molecule has 2 aromatic carbocycles. The highest BCUT2D eigenvalue weighted by atomic mass is 19.5. The number of aromatic nitrogens is 3. The van der Waals surface area contributed by atoms with Gasteiger partial charge in [0.25, 0.3) is 12.2 Å². The Morgan fingerprint density at radius 2 is 1.74 bits per heavy atom. The molecule has 0 saturated carbocycles. The summed E-state index contributed by atoms with van der Waals surface area (Å²) < 4.78 is 49.4. The third kappa shape index (κ3) is 4.30. The number of rotatable bonds is 1. The molecule has 164 valence electrons. The molecule has 0 fully saturated rings. The molecule has 5 rings (SSSR count). The molecule has 1 aromatic heterocycles. The van der Waals surface area contributed by atoms with E-state index >= 15 is 0 Å². The molecule has 0 amide bonds. The second-order valence-electron chi connectivity index (χ2n) is 8.08. The summed E-state index contributed by atoms with van der Waals surface area (Å²) in [4.78, 5) is 0. The van der Waals surface area contributed by atoms with Crippen LogP contribution in [0.5, 0.6) is 0 Å². The second-order valence-corrected chi connectivity index (χ2v) is 8.08. The van der Waals surface area contributed by atoms with Gasteiger partial charge < -0.3 is 27.7 Å². The van der Waals surface area contributed by atoms with Gasteiger partial charge in [-0.05, 0) is 54.7 Å². The van der Waals surface area contributed by atoms with Crippen molar-refractivity contribution in [3.8, 4) is 5.69 Å². The average Bonchev–Trinajstić information content (AvgIpc) is 3.19. The molecule has 10 heteroatoms. The Morgan fingerprint density at radius 1 is 1.10 bits per heavy atom. The fraction of sp³-hybridized carbons (Fsp3) is 0.333. The number of fused-ring (bicyclic) bond motifs is 5. The van der Waals surface area contributed by atoms with E-state index in [9.17, 15) is 17.3 Å². The van der Waals surface area contributed by atoms with Crippen LogP contribution in [-0.2, 0) is 17.8 Å². The lowest BCUT2D eigenvalue weighted by atomic mass is 10.1. The fourth-order valence-corrected chi connectivity index (χ4v) is 4.63. The van der Waals surface area contributed by atoms with Gasteiger partial charge in [-0.15, -0.1) is 0 Å².